The SMILES string of the molecule is CC(C)CNCc1cc(=O)[nH]c(C2CSCCO2)n1. The van der Waals surface area contributed by atoms with Crippen LogP contribution < -0.4 is 10.9 Å². The molecule has 0 radical (unpaired) electrons. The first kappa shape index (κ1) is 14.6. The Kier molecular flexibility index (Phi) is 5.42. The van der Waals surface area contributed by atoms with Gasteiger partial charge in [-0.2, -0.15) is 11.8 Å². The monoisotopic (exact) mass is 283 g/mol. The lowest BCUT2D eigenvalue weighted by molar-refractivity contribution is 0.0690. The van der Waals surface area contributed by atoms with E-state index >= 15 is 0 Å². The Morgan fingerprint density at radius 1 is 1.63 bits per heavy atom. The van der Waals surface area contributed by atoms with Crippen LogP contribution in [-0.2, 0) is 11.3 Å². The molecular weight excluding hydrogens is 262 g/mol. The standard InChI is InChI=1S/C13H21N3O2S/c1-9(2)6-14-7-10-5-12(17)16-13(15-10)11-8-19-4-3-18-11/h5,9,11,14H,3-4,6-8H2,1-2H3,(H,15,16,17). The fourth-order valence-electron chi connectivity index (χ4n) is 1.91. The molecule has 1 aliphatic heterocycles. The van der Waals surface area contributed by atoms with Crippen LogP contribution in [0.5, 0.6) is 0 Å². The Bertz CT molecular complexity index is 455. The normalized spacial score (nSPS) is 19.8. The Morgan fingerprint density at radius 3 is 3.16 bits per heavy atom. The topological polar surface area (TPSA) is 67.0 Å². The van der Waals surface area contributed by atoms with E-state index in [0.717, 1.165) is 30.4 Å². The van der Waals surface area contributed by atoms with E-state index in [1.807, 2.05) is 11.8 Å². The van der Waals surface area contributed by atoms with Gasteiger partial charge in [0.05, 0.1) is 12.3 Å². The molecule has 0 amide bonds. The maximum atomic E-state index is 11.7. The maximum absolute atomic E-state index is 11.7. The van der Waals surface area contributed by atoms with Gasteiger partial charge in [-0.3, -0.25) is 4.79 Å². The summed E-state index contributed by atoms with van der Waals surface area (Å²) in [6, 6.07) is 1.55. The summed E-state index contributed by atoms with van der Waals surface area (Å²) in [5.41, 5.74) is 0.670. The van der Waals surface area contributed by atoms with Gasteiger partial charge in [0.2, 0.25) is 0 Å². The molecule has 5 nitrogen and oxygen atoms in total. The third-order valence-electron chi connectivity index (χ3n) is 2.79. The summed E-state index contributed by atoms with van der Waals surface area (Å²) < 4.78 is 5.64. The molecule has 1 aliphatic rings. The Balaban J connectivity index is 2.03. The highest BCUT2D eigenvalue weighted by Crippen LogP contribution is 2.23. The smallest absolute Gasteiger partial charge is 0.251 e. The van der Waals surface area contributed by atoms with Crippen LogP contribution >= 0.6 is 11.8 Å². The zero-order valence-corrected chi connectivity index (χ0v) is 12.3. The molecular formula is C13H21N3O2S. The average molecular weight is 283 g/mol. The first-order valence-electron chi connectivity index (χ1n) is 6.65. The number of nitrogens with one attached hydrogen (secondary N) is 2. The molecule has 1 atom stereocenters. The fourth-order valence-corrected chi connectivity index (χ4v) is 2.76. The Morgan fingerprint density at radius 2 is 2.47 bits per heavy atom. The van der Waals surface area contributed by atoms with Gasteiger partial charge in [-0.1, -0.05) is 13.8 Å². The van der Waals surface area contributed by atoms with Crippen molar-refractivity contribution in [2.75, 3.05) is 24.7 Å². The summed E-state index contributed by atoms with van der Waals surface area (Å²) in [5, 5.41) is 3.30. The molecule has 19 heavy (non-hydrogen) atoms. The number of rotatable bonds is 5. The van der Waals surface area contributed by atoms with Gasteiger partial charge in [0.1, 0.15) is 11.9 Å². The highest BCUT2D eigenvalue weighted by molar-refractivity contribution is 7.99. The third kappa shape index (κ3) is 4.63. The molecule has 0 aliphatic carbocycles. The fraction of sp³-hybridized carbons (Fsp3) is 0.692. The average Bonchev–Trinajstić information content (AvgIpc) is 2.39. The van der Waals surface area contributed by atoms with Crippen LogP contribution in [0.4, 0.5) is 0 Å². The van der Waals surface area contributed by atoms with Gasteiger partial charge in [0.15, 0.2) is 0 Å². The number of aromatic amines is 1. The third-order valence-corrected chi connectivity index (χ3v) is 3.79. The minimum Gasteiger partial charge on any atom is -0.369 e. The van der Waals surface area contributed by atoms with Crippen LogP contribution in [0.2, 0.25) is 0 Å². The van der Waals surface area contributed by atoms with Crippen LogP contribution in [0.1, 0.15) is 31.5 Å². The quantitative estimate of drug-likeness (QED) is 0.853. The summed E-state index contributed by atoms with van der Waals surface area (Å²) in [7, 11) is 0. The lowest BCUT2D eigenvalue weighted by Crippen LogP contribution is -2.25. The van der Waals surface area contributed by atoms with Crippen molar-refractivity contribution in [3.05, 3.63) is 27.9 Å². The van der Waals surface area contributed by atoms with Crippen molar-refractivity contribution in [3.8, 4) is 0 Å². The van der Waals surface area contributed by atoms with Crippen LogP contribution in [-0.4, -0.2) is 34.6 Å². The van der Waals surface area contributed by atoms with Crippen molar-refractivity contribution in [3.63, 3.8) is 0 Å². The van der Waals surface area contributed by atoms with Gasteiger partial charge in [0.25, 0.3) is 5.56 Å². The lowest BCUT2D eigenvalue weighted by atomic mass is 10.2. The molecule has 2 N–H and O–H groups in total. The molecule has 6 heteroatoms. The number of nitrogens with zero attached hydrogens (tertiary/aromatic N) is 1. The molecule has 106 valence electrons. The van der Waals surface area contributed by atoms with E-state index < -0.39 is 0 Å². The second-order valence-electron chi connectivity index (χ2n) is 5.08. The highest BCUT2D eigenvalue weighted by atomic mass is 32.2. The minimum absolute atomic E-state index is 0.0866. The van der Waals surface area contributed by atoms with Crippen molar-refractivity contribution in [2.45, 2.75) is 26.5 Å². The summed E-state index contributed by atoms with van der Waals surface area (Å²) >= 11 is 1.83. The first-order valence-corrected chi connectivity index (χ1v) is 7.81. The van der Waals surface area contributed by atoms with E-state index in [0.29, 0.717) is 18.3 Å². The van der Waals surface area contributed by atoms with E-state index in [4.69, 9.17) is 4.74 Å². The van der Waals surface area contributed by atoms with Gasteiger partial charge < -0.3 is 15.0 Å². The molecule has 0 bridgehead atoms. The van der Waals surface area contributed by atoms with Crippen LogP contribution in [0.25, 0.3) is 0 Å². The van der Waals surface area contributed by atoms with E-state index in [2.05, 4.69) is 29.1 Å². The molecule has 0 spiro atoms. The zero-order chi connectivity index (χ0) is 13.7. The van der Waals surface area contributed by atoms with Gasteiger partial charge >= 0.3 is 0 Å². The predicted molar refractivity (Wildman–Crippen MR) is 77.4 cm³/mol. The van der Waals surface area contributed by atoms with Crippen molar-refractivity contribution in [1.82, 2.24) is 15.3 Å². The number of thioether (sulfide) groups is 1. The van der Waals surface area contributed by atoms with Crippen LogP contribution in [0.3, 0.4) is 0 Å². The maximum Gasteiger partial charge on any atom is 0.251 e. The van der Waals surface area contributed by atoms with Crippen molar-refractivity contribution in [1.29, 1.82) is 0 Å². The molecule has 1 unspecified atom stereocenters. The number of hydrogen-bond donors (Lipinski definition) is 2. The van der Waals surface area contributed by atoms with E-state index in [9.17, 15) is 4.79 Å². The second kappa shape index (κ2) is 7.07. The number of ether oxygens (including phenoxy) is 1. The van der Waals surface area contributed by atoms with Gasteiger partial charge in [-0.25, -0.2) is 4.98 Å². The predicted octanol–water partition coefficient (Wildman–Crippen LogP) is 1.32. The molecule has 0 saturated carbocycles. The molecule has 1 saturated heterocycles. The van der Waals surface area contributed by atoms with Gasteiger partial charge in [0, 0.05) is 24.1 Å². The Hall–Kier alpha value is -0.850. The van der Waals surface area contributed by atoms with E-state index in [1.54, 1.807) is 6.07 Å². The van der Waals surface area contributed by atoms with Gasteiger partial charge in [-0.05, 0) is 12.5 Å². The Labute approximate surface area is 117 Å². The van der Waals surface area contributed by atoms with Crippen molar-refractivity contribution < 1.29 is 4.74 Å². The van der Waals surface area contributed by atoms with E-state index in [-0.39, 0.29) is 11.7 Å². The summed E-state index contributed by atoms with van der Waals surface area (Å²) in [4.78, 5) is 18.9. The lowest BCUT2D eigenvalue weighted by Gasteiger charge is -2.21. The first-order chi connectivity index (χ1) is 9.15. The van der Waals surface area contributed by atoms with Crippen LogP contribution in [0, 0.1) is 5.92 Å². The highest BCUT2D eigenvalue weighted by Gasteiger charge is 2.19. The summed E-state index contributed by atoms with van der Waals surface area (Å²) in [5.74, 6) is 3.10. The summed E-state index contributed by atoms with van der Waals surface area (Å²) in [6.07, 6.45) is -0.0866. The minimum atomic E-state index is -0.106. The molecule has 1 aromatic rings. The zero-order valence-electron chi connectivity index (χ0n) is 11.4. The van der Waals surface area contributed by atoms with E-state index in [1.165, 1.54) is 0 Å². The number of H-pyrrole nitrogens is 1. The number of hydrogen-bond acceptors (Lipinski definition) is 5. The molecule has 2 rings (SSSR count). The van der Waals surface area contributed by atoms with Crippen molar-refractivity contribution >= 4 is 11.8 Å². The number of aromatic nitrogens is 2. The molecule has 2 heterocycles. The summed E-state index contributed by atoms with van der Waals surface area (Å²) in [6.45, 7) is 6.55. The second-order valence-corrected chi connectivity index (χ2v) is 6.23. The molecule has 1 aromatic heterocycles. The van der Waals surface area contributed by atoms with Gasteiger partial charge in [-0.15, -0.1) is 0 Å². The van der Waals surface area contributed by atoms with Crippen LogP contribution in [0.15, 0.2) is 10.9 Å². The largest absolute Gasteiger partial charge is 0.369 e. The molecule has 0 aromatic carbocycles. The molecule has 1 fully saturated rings. The van der Waals surface area contributed by atoms with Crippen molar-refractivity contribution in [2.24, 2.45) is 5.92 Å².